The molecule has 2 amide bonds. The lowest BCUT2D eigenvalue weighted by Crippen LogP contribution is -2.52. The molecule has 0 fully saturated rings. The highest BCUT2D eigenvalue weighted by Crippen LogP contribution is 2.36. The Morgan fingerprint density at radius 1 is 1.08 bits per heavy atom. The van der Waals surface area contributed by atoms with Crippen LogP contribution >= 0.6 is 23.2 Å². The van der Waals surface area contributed by atoms with Crippen LogP contribution in [0.4, 0.5) is 5.69 Å². The molecule has 9 nitrogen and oxygen atoms in total. The van der Waals surface area contributed by atoms with Crippen molar-refractivity contribution < 1.29 is 27.5 Å². The van der Waals surface area contributed by atoms with Crippen LogP contribution < -0.4 is 19.1 Å². The zero-order chi connectivity index (χ0) is 28.3. The number of benzene rings is 2. The van der Waals surface area contributed by atoms with E-state index in [1.54, 1.807) is 43.3 Å². The van der Waals surface area contributed by atoms with Gasteiger partial charge in [-0.1, -0.05) is 29.3 Å². The van der Waals surface area contributed by atoms with E-state index in [-0.39, 0.29) is 44.5 Å². The third-order valence-corrected chi connectivity index (χ3v) is 7.75. The number of hydrogen-bond acceptors (Lipinski definition) is 6. The molecule has 1 aliphatic heterocycles. The Bertz CT molecular complexity index is 1280. The topological polar surface area (TPSA) is 105 Å². The molecule has 0 saturated heterocycles. The fraction of sp³-hybridized carbons (Fsp3) is 0.462. The number of hydrogen-bond donors (Lipinski definition) is 1. The van der Waals surface area contributed by atoms with Crippen LogP contribution in [0.1, 0.15) is 46.1 Å². The Balaban J connectivity index is 1.78. The van der Waals surface area contributed by atoms with Gasteiger partial charge in [-0.3, -0.25) is 13.9 Å². The Kier molecular flexibility index (Phi) is 9.43. The van der Waals surface area contributed by atoms with E-state index in [2.05, 4.69) is 5.32 Å². The van der Waals surface area contributed by atoms with Crippen LogP contribution in [0, 0.1) is 0 Å². The molecule has 0 aromatic heterocycles. The molecule has 1 unspecified atom stereocenters. The summed E-state index contributed by atoms with van der Waals surface area (Å²) >= 11 is 12.7. The van der Waals surface area contributed by atoms with Crippen molar-refractivity contribution in [1.29, 1.82) is 0 Å². The molecule has 0 radical (unpaired) electrons. The summed E-state index contributed by atoms with van der Waals surface area (Å²) in [6.07, 6.45) is 1.30. The molecule has 0 spiro atoms. The van der Waals surface area contributed by atoms with Crippen molar-refractivity contribution in [3.63, 3.8) is 0 Å². The van der Waals surface area contributed by atoms with Gasteiger partial charge in [0.2, 0.25) is 28.6 Å². The second-order valence-electron chi connectivity index (χ2n) is 10.1. The Labute approximate surface area is 234 Å². The van der Waals surface area contributed by atoms with E-state index in [1.807, 2.05) is 20.8 Å². The average molecular weight is 587 g/mol. The summed E-state index contributed by atoms with van der Waals surface area (Å²) in [5, 5.41) is 3.66. The van der Waals surface area contributed by atoms with Gasteiger partial charge in [-0.25, -0.2) is 8.42 Å². The monoisotopic (exact) mass is 585 g/mol. The normalized spacial score (nSPS) is 13.7. The van der Waals surface area contributed by atoms with E-state index in [0.717, 1.165) is 6.26 Å². The van der Waals surface area contributed by atoms with Crippen LogP contribution in [0.25, 0.3) is 0 Å². The molecule has 0 bridgehead atoms. The number of rotatable bonds is 10. The summed E-state index contributed by atoms with van der Waals surface area (Å²) in [4.78, 5) is 27.8. The number of nitrogens with one attached hydrogen (secondary N) is 1. The van der Waals surface area contributed by atoms with E-state index in [4.69, 9.17) is 32.7 Å². The van der Waals surface area contributed by atoms with Crippen molar-refractivity contribution in [2.45, 2.75) is 58.7 Å². The molecule has 3 rings (SSSR count). The summed E-state index contributed by atoms with van der Waals surface area (Å²) in [5.41, 5.74) is 0.433. The van der Waals surface area contributed by atoms with Gasteiger partial charge in [-0.15, -0.1) is 0 Å². The van der Waals surface area contributed by atoms with Crippen molar-refractivity contribution >= 4 is 50.7 Å². The lowest BCUT2D eigenvalue weighted by molar-refractivity contribution is -0.141. The predicted molar refractivity (Wildman–Crippen MR) is 148 cm³/mol. The molecule has 38 heavy (non-hydrogen) atoms. The van der Waals surface area contributed by atoms with Crippen molar-refractivity contribution in [1.82, 2.24) is 10.2 Å². The van der Waals surface area contributed by atoms with Crippen LogP contribution in [-0.4, -0.2) is 56.3 Å². The second-order valence-corrected chi connectivity index (χ2v) is 12.8. The molecule has 1 N–H and O–H groups in total. The Morgan fingerprint density at radius 3 is 2.32 bits per heavy atom. The maximum Gasteiger partial charge on any atom is 0.242 e. The number of carbonyl (C=O) groups is 2. The van der Waals surface area contributed by atoms with E-state index >= 15 is 0 Å². The SMILES string of the molecule is CC(C(=O)NC(C)(C)C)N(Cc1c(Cl)cccc1Cl)C(=O)CCCN(c1ccc2c(c1)OCO2)S(C)(=O)=O. The number of nitrogens with zero attached hydrogens (tertiary/aromatic N) is 2. The molecule has 0 saturated carbocycles. The predicted octanol–water partition coefficient (Wildman–Crippen LogP) is 4.60. The molecule has 2 aromatic rings. The van der Waals surface area contributed by atoms with Gasteiger partial charge in [0.05, 0.1) is 11.9 Å². The van der Waals surface area contributed by atoms with E-state index in [1.165, 1.54) is 9.21 Å². The van der Waals surface area contributed by atoms with Gasteiger partial charge in [0.1, 0.15) is 6.04 Å². The maximum absolute atomic E-state index is 13.5. The first-order valence-electron chi connectivity index (χ1n) is 12.1. The van der Waals surface area contributed by atoms with Crippen molar-refractivity contribution in [2.75, 3.05) is 23.9 Å². The number of sulfonamides is 1. The van der Waals surface area contributed by atoms with Crippen molar-refractivity contribution in [3.8, 4) is 11.5 Å². The third kappa shape index (κ3) is 7.68. The molecular formula is C26H33Cl2N3O6S. The number of anilines is 1. The maximum atomic E-state index is 13.5. The lowest BCUT2D eigenvalue weighted by Gasteiger charge is -2.32. The van der Waals surface area contributed by atoms with Crippen molar-refractivity contribution in [3.05, 3.63) is 52.0 Å². The highest BCUT2D eigenvalue weighted by molar-refractivity contribution is 7.92. The van der Waals surface area contributed by atoms with Gasteiger partial charge in [-0.2, -0.15) is 0 Å². The van der Waals surface area contributed by atoms with Gasteiger partial charge in [-0.05, 0) is 58.4 Å². The molecule has 1 heterocycles. The fourth-order valence-corrected chi connectivity index (χ4v) is 5.43. The summed E-state index contributed by atoms with van der Waals surface area (Å²) in [6.45, 7) is 7.33. The van der Waals surface area contributed by atoms with Crippen LogP contribution in [0.15, 0.2) is 36.4 Å². The van der Waals surface area contributed by atoms with E-state index in [9.17, 15) is 18.0 Å². The van der Waals surface area contributed by atoms with Gasteiger partial charge < -0.3 is 19.7 Å². The first kappa shape index (κ1) is 29.9. The fourth-order valence-electron chi connectivity index (χ4n) is 3.95. The minimum absolute atomic E-state index is 0.00815. The first-order chi connectivity index (χ1) is 17.7. The molecule has 1 atom stereocenters. The highest BCUT2D eigenvalue weighted by atomic mass is 35.5. The van der Waals surface area contributed by atoms with Gasteiger partial charge in [0, 0.05) is 46.7 Å². The molecule has 0 aliphatic carbocycles. The number of ether oxygens (including phenoxy) is 2. The van der Waals surface area contributed by atoms with E-state index in [0.29, 0.717) is 32.8 Å². The molecule has 2 aromatic carbocycles. The Morgan fingerprint density at radius 2 is 1.71 bits per heavy atom. The molecular weight excluding hydrogens is 553 g/mol. The van der Waals surface area contributed by atoms with Crippen molar-refractivity contribution in [2.24, 2.45) is 0 Å². The highest BCUT2D eigenvalue weighted by Gasteiger charge is 2.30. The summed E-state index contributed by atoms with van der Waals surface area (Å²) in [6, 6.07) is 9.07. The zero-order valence-corrected chi connectivity index (χ0v) is 24.4. The lowest BCUT2D eigenvalue weighted by atomic mass is 10.1. The number of halogens is 2. The third-order valence-electron chi connectivity index (χ3n) is 5.85. The van der Waals surface area contributed by atoms with Crippen LogP contribution in [0.2, 0.25) is 10.0 Å². The minimum atomic E-state index is -3.65. The standard InChI is InChI=1S/C26H33Cl2N3O6S/c1-17(25(33)29-26(2,3)4)30(15-19-20(27)8-6-9-21(19)28)24(32)10-7-13-31(38(5,34)35)18-11-12-22-23(14-18)37-16-36-22/h6,8-9,11-12,14,17H,7,10,13,15-16H2,1-5H3,(H,29,33). The summed E-state index contributed by atoms with van der Waals surface area (Å²) in [5.74, 6) is 0.325. The smallest absolute Gasteiger partial charge is 0.242 e. The van der Waals surface area contributed by atoms with Gasteiger partial charge in [0.25, 0.3) is 0 Å². The van der Waals surface area contributed by atoms with Gasteiger partial charge >= 0.3 is 0 Å². The number of fused-ring (bicyclic) bond motifs is 1. The number of amides is 2. The van der Waals surface area contributed by atoms with Crippen LogP contribution in [0.5, 0.6) is 11.5 Å². The molecule has 208 valence electrons. The number of carbonyl (C=O) groups excluding carboxylic acids is 2. The summed E-state index contributed by atoms with van der Waals surface area (Å²) < 4.78 is 37.0. The Hall–Kier alpha value is -2.69. The molecule has 12 heteroatoms. The summed E-state index contributed by atoms with van der Waals surface area (Å²) in [7, 11) is -3.65. The quantitative estimate of drug-likeness (QED) is 0.437. The van der Waals surface area contributed by atoms with Gasteiger partial charge in [0.15, 0.2) is 11.5 Å². The van der Waals surface area contributed by atoms with Crippen LogP contribution in [0.3, 0.4) is 0 Å². The largest absolute Gasteiger partial charge is 0.454 e. The molecule has 1 aliphatic rings. The average Bonchev–Trinajstić information content (AvgIpc) is 3.27. The van der Waals surface area contributed by atoms with E-state index < -0.39 is 21.6 Å². The van der Waals surface area contributed by atoms with Crippen LogP contribution in [-0.2, 0) is 26.2 Å². The first-order valence-corrected chi connectivity index (χ1v) is 14.7. The minimum Gasteiger partial charge on any atom is -0.454 e. The second kappa shape index (κ2) is 12.0. The zero-order valence-electron chi connectivity index (χ0n) is 22.1.